The average Bonchev–Trinajstić information content (AvgIpc) is 3.53. The van der Waals surface area contributed by atoms with Crippen LogP contribution in [-0.2, 0) is 6.54 Å². The molecular weight excluding hydrogens is 382 g/mol. The summed E-state index contributed by atoms with van der Waals surface area (Å²) in [6.07, 6.45) is 13.9. The van der Waals surface area contributed by atoms with Gasteiger partial charge in [0.2, 0.25) is 0 Å². The highest BCUT2D eigenvalue weighted by atomic mass is 16.3. The fourth-order valence-corrected chi connectivity index (χ4v) is 4.31. The highest BCUT2D eigenvalue weighted by molar-refractivity contribution is 5.78. The van der Waals surface area contributed by atoms with Crippen molar-refractivity contribution in [1.29, 1.82) is 0 Å². The van der Waals surface area contributed by atoms with E-state index in [0.29, 0.717) is 12.0 Å². The third-order valence-electron chi connectivity index (χ3n) is 5.96. The van der Waals surface area contributed by atoms with Crippen LogP contribution in [-0.4, -0.2) is 57.1 Å². The second-order valence-electron chi connectivity index (χ2n) is 8.11. The minimum absolute atomic E-state index is 0.222. The van der Waals surface area contributed by atoms with Crippen LogP contribution in [0.3, 0.4) is 0 Å². The van der Waals surface area contributed by atoms with Crippen molar-refractivity contribution in [3.05, 3.63) is 43.2 Å². The molecular formula is C21H25N7O2. The highest BCUT2D eigenvalue weighted by Gasteiger charge is 2.26. The van der Waals surface area contributed by atoms with Crippen molar-refractivity contribution in [1.82, 2.24) is 34.2 Å². The zero-order valence-electron chi connectivity index (χ0n) is 16.8. The second-order valence-corrected chi connectivity index (χ2v) is 8.11. The molecule has 0 aliphatic heterocycles. The SMILES string of the molecule is C[C@H]1CCC[C@H]1n1cc(-c2nc(-c3cnn(C[C@@H](O)CO)c3)cn3nccc23)cn1. The van der Waals surface area contributed by atoms with Crippen molar-refractivity contribution in [2.75, 3.05) is 6.61 Å². The largest absolute Gasteiger partial charge is 0.394 e. The van der Waals surface area contributed by atoms with Gasteiger partial charge in [-0.05, 0) is 24.8 Å². The van der Waals surface area contributed by atoms with Crippen LogP contribution in [0.4, 0.5) is 0 Å². The third-order valence-corrected chi connectivity index (χ3v) is 5.96. The van der Waals surface area contributed by atoms with Gasteiger partial charge in [0.25, 0.3) is 0 Å². The van der Waals surface area contributed by atoms with Crippen LogP contribution < -0.4 is 0 Å². The Labute approximate surface area is 173 Å². The fourth-order valence-electron chi connectivity index (χ4n) is 4.31. The van der Waals surface area contributed by atoms with Gasteiger partial charge in [0, 0.05) is 23.5 Å². The maximum absolute atomic E-state index is 9.66. The molecule has 0 amide bonds. The highest BCUT2D eigenvalue weighted by Crippen LogP contribution is 2.36. The quantitative estimate of drug-likeness (QED) is 0.507. The minimum Gasteiger partial charge on any atom is -0.394 e. The predicted molar refractivity (Wildman–Crippen MR) is 111 cm³/mol. The number of hydrogen-bond donors (Lipinski definition) is 2. The van der Waals surface area contributed by atoms with Crippen LogP contribution >= 0.6 is 0 Å². The van der Waals surface area contributed by atoms with Gasteiger partial charge in [-0.3, -0.25) is 9.36 Å². The van der Waals surface area contributed by atoms with Crippen molar-refractivity contribution in [2.45, 2.75) is 44.9 Å². The Hall–Kier alpha value is -3.04. The van der Waals surface area contributed by atoms with E-state index in [1.807, 2.05) is 29.2 Å². The summed E-state index contributed by atoms with van der Waals surface area (Å²) < 4.78 is 5.50. The minimum atomic E-state index is -0.848. The molecule has 3 atom stereocenters. The summed E-state index contributed by atoms with van der Waals surface area (Å²) in [5, 5.41) is 32.0. The van der Waals surface area contributed by atoms with Gasteiger partial charge in [0.15, 0.2) is 0 Å². The van der Waals surface area contributed by atoms with E-state index in [1.54, 1.807) is 17.1 Å². The summed E-state index contributed by atoms with van der Waals surface area (Å²) >= 11 is 0. The molecule has 0 radical (unpaired) electrons. The van der Waals surface area contributed by atoms with Gasteiger partial charge in [-0.1, -0.05) is 13.3 Å². The van der Waals surface area contributed by atoms with E-state index in [-0.39, 0.29) is 13.2 Å². The molecule has 0 unspecified atom stereocenters. The summed E-state index contributed by atoms with van der Waals surface area (Å²) in [5.41, 5.74) is 4.25. The lowest BCUT2D eigenvalue weighted by atomic mass is 10.1. The number of nitrogens with zero attached hydrogens (tertiary/aromatic N) is 7. The van der Waals surface area contributed by atoms with Crippen LogP contribution in [0.5, 0.6) is 0 Å². The standard InChI is InChI=1S/C21H25N7O2/c1-14-3-2-4-19(14)27-10-16(8-24-27)21-20-5-6-22-28(20)12-18(25-21)15-7-23-26(9-15)11-17(30)13-29/h5-10,12,14,17,19,29-30H,2-4,11,13H2,1H3/t14-,17+,19+/m0/s1. The average molecular weight is 407 g/mol. The predicted octanol–water partition coefficient (Wildman–Crippen LogP) is 2.17. The lowest BCUT2D eigenvalue weighted by Gasteiger charge is -2.15. The number of aliphatic hydroxyl groups is 2. The van der Waals surface area contributed by atoms with Gasteiger partial charge >= 0.3 is 0 Å². The Kier molecular flexibility index (Phi) is 4.84. The van der Waals surface area contributed by atoms with Crippen LogP contribution in [0, 0.1) is 5.92 Å². The molecule has 30 heavy (non-hydrogen) atoms. The van der Waals surface area contributed by atoms with Crippen LogP contribution in [0.2, 0.25) is 0 Å². The number of rotatable bonds is 6. The van der Waals surface area contributed by atoms with E-state index in [4.69, 9.17) is 10.1 Å². The monoisotopic (exact) mass is 407 g/mol. The van der Waals surface area contributed by atoms with Crippen molar-refractivity contribution < 1.29 is 10.2 Å². The number of fused-ring (bicyclic) bond motifs is 1. The number of aromatic nitrogens is 7. The molecule has 4 heterocycles. The summed E-state index contributed by atoms with van der Waals surface area (Å²) in [4.78, 5) is 4.91. The maximum Gasteiger partial charge on any atom is 0.0999 e. The van der Waals surface area contributed by atoms with E-state index < -0.39 is 6.10 Å². The van der Waals surface area contributed by atoms with Gasteiger partial charge in [-0.25, -0.2) is 9.50 Å². The van der Waals surface area contributed by atoms with Gasteiger partial charge in [-0.2, -0.15) is 15.3 Å². The Bertz CT molecular complexity index is 1160. The first-order valence-corrected chi connectivity index (χ1v) is 10.3. The van der Waals surface area contributed by atoms with Crippen molar-refractivity contribution >= 4 is 5.52 Å². The van der Waals surface area contributed by atoms with Crippen LogP contribution in [0.1, 0.15) is 32.2 Å². The molecule has 9 heteroatoms. The summed E-state index contributed by atoms with van der Waals surface area (Å²) in [6, 6.07) is 2.39. The molecule has 156 valence electrons. The summed E-state index contributed by atoms with van der Waals surface area (Å²) in [5.74, 6) is 0.632. The van der Waals surface area contributed by atoms with Crippen molar-refractivity contribution in [3.63, 3.8) is 0 Å². The molecule has 0 spiro atoms. The Morgan fingerprint density at radius 3 is 2.77 bits per heavy atom. The molecule has 0 bridgehead atoms. The molecule has 2 N–H and O–H groups in total. The fraction of sp³-hybridized carbons (Fsp3) is 0.429. The molecule has 0 saturated heterocycles. The lowest BCUT2D eigenvalue weighted by molar-refractivity contribution is 0.0783. The first-order chi connectivity index (χ1) is 14.6. The smallest absolute Gasteiger partial charge is 0.0999 e. The van der Waals surface area contributed by atoms with Gasteiger partial charge in [0.1, 0.15) is 0 Å². The number of hydrogen-bond acceptors (Lipinski definition) is 6. The van der Waals surface area contributed by atoms with Crippen LogP contribution in [0.25, 0.3) is 28.0 Å². The molecule has 1 fully saturated rings. The maximum atomic E-state index is 9.66. The van der Waals surface area contributed by atoms with Crippen molar-refractivity contribution in [2.24, 2.45) is 5.92 Å². The molecule has 5 rings (SSSR count). The van der Waals surface area contributed by atoms with E-state index in [2.05, 4.69) is 33.1 Å². The second kappa shape index (κ2) is 7.66. The zero-order valence-corrected chi connectivity index (χ0v) is 16.8. The molecule has 1 saturated carbocycles. The first-order valence-electron chi connectivity index (χ1n) is 10.3. The first kappa shape index (κ1) is 19.0. The number of aliphatic hydroxyl groups excluding tert-OH is 2. The van der Waals surface area contributed by atoms with Crippen molar-refractivity contribution in [3.8, 4) is 22.5 Å². The molecule has 1 aliphatic carbocycles. The summed E-state index contributed by atoms with van der Waals surface area (Å²) in [6.45, 7) is 2.21. The Balaban J connectivity index is 1.52. The zero-order chi connectivity index (χ0) is 20.7. The van der Waals surface area contributed by atoms with Gasteiger partial charge < -0.3 is 10.2 Å². The van der Waals surface area contributed by atoms with E-state index in [1.165, 1.54) is 12.8 Å². The van der Waals surface area contributed by atoms with Gasteiger partial charge in [-0.15, -0.1) is 0 Å². The molecule has 4 aromatic heterocycles. The normalized spacial score (nSPS) is 20.2. The van der Waals surface area contributed by atoms with E-state index in [0.717, 1.165) is 34.5 Å². The lowest BCUT2D eigenvalue weighted by Crippen LogP contribution is -2.19. The third kappa shape index (κ3) is 3.40. The van der Waals surface area contributed by atoms with E-state index in [9.17, 15) is 5.11 Å². The Morgan fingerprint density at radius 1 is 1.10 bits per heavy atom. The van der Waals surface area contributed by atoms with E-state index >= 15 is 0 Å². The molecule has 9 nitrogen and oxygen atoms in total. The summed E-state index contributed by atoms with van der Waals surface area (Å²) in [7, 11) is 0. The van der Waals surface area contributed by atoms with Gasteiger partial charge in [0.05, 0.1) is 67.0 Å². The topological polar surface area (TPSA) is 106 Å². The molecule has 1 aliphatic rings. The van der Waals surface area contributed by atoms with Crippen LogP contribution in [0.15, 0.2) is 43.2 Å². The molecule has 4 aromatic rings. The Morgan fingerprint density at radius 2 is 1.97 bits per heavy atom. The molecule has 0 aromatic carbocycles.